The summed E-state index contributed by atoms with van der Waals surface area (Å²) in [6.45, 7) is 1.71. The summed E-state index contributed by atoms with van der Waals surface area (Å²) < 4.78 is 0. The van der Waals surface area contributed by atoms with Crippen molar-refractivity contribution < 1.29 is 9.59 Å². The fraction of sp³-hybridized carbons (Fsp3) is 0.333. The summed E-state index contributed by atoms with van der Waals surface area (Å²) in [5, 5.41) is 3.78. The number of hydrazine groups is 1. The highest BCUT2D eigenvalue weighted by Gasteiger charge is 2.33. The smallest absolute Gasteiger partial charge is 0.253 e. The van der Waals surface area contributed by atoms with Crippen molar-refractivity contribution in [3.63, 3.8) is 0 Å². The minimum atomic E-state index is -0.466. The SMILES string of the molecule is CCC1Nc2cc(Cl)c(Cl)cc2N(CC(=O)NN)C1=O. The second-order valence-corrected chi connectivity index (χ2v) is 5.19. The molecule has 2 amide bonds. The van der Waals surface area contributed by atoms with Crippen LogP contribution in [0.3, 0.4) is 0 Å². The van der Waals surface area contributed by atoms with Crippen LogP contribution in [0.1, 0.15) is 13.3 Å². The fourth-order valence-electron chi connectivity index (χ4n) is 2.06. The maximum Gasteiger partial charge on any atom is 0.253 e. The molecule has 0 spiro atoms. The molecule has 1 aromatic rings. The normalized spacial score (nSPS) is 17.5. The molecule has 0 fully saturated rings. The van der Waals surface area contributed by atoms with Crippen molar-refractivity contribution in [1.82, 2.24) is 5.43 Å². The van der Waals surface area contributed by atoms with Crippen molar-refractivity contribution in [3.8, 4) is 0 Å². The van der Waals surface area contributed by atoms with Gasteiger partial charge in [0.1, 0.15) is 12.6 Å². The Morgan fingerprint density at radius 2 is 2.10 bits per heavy atom. The number of rotatable bonds is 3. The molecular weight excluding hydrogens is 303 g/mol. The van der Waals surface area contributed by atoms with E-state index >= 15 is 0 Å². The molecule has 0 bridgehead atoms. The van der Waals surface area contributed by atoms with Gasteiger partial charge in [-0.25, -0.2) is 5.84 Å². The molecule has 20 heavy (non-hydrogen) atoms. The van der Waals surface area contributed by atoms with Crippen molar-refractivity contribution >= 4 is 46.4 Å². The van der Waals surface area contributed by atoms with Gasteiger partial charge in [0.15, 0.2) is 0 Å². The van der Waals surface area contributed by atoms with Crippen LogP contribution in [0, 0.1) is 0 Å². The third kappa shape index (κ3) is 2.67. The number of halogens is 2. The Morgan fingerprint density at radius 1 is 1.45 bits per heavy atom. The largest absolute Gasteiger partial charge is 0.372 e. The number of nitrogens with two attached hydrogens (primary N) is 1. The minimum absolute atomic E-state index is 0.168. The van der Waals surface area contributed by atoms with Gasteiger partial charge in [-0.3, -0.25) is 19.9 Å². The van der Waals surface area contributed by atoms with E-state index in [1.54, 1.807) is 12.1 Å². The Bertz CT molecular complexity index is 565. The predicted octanol–water partition coefficient (Wildman–Crippen LogP) is 1.52. The molecule has 1 atom stereocenters. The molecule has 0 radical (unpaired) electrons. The number of nitrogens with zero attached hydrogens (tertiary/aromatic N) is 1. The molecule has 0 saturated carbocycles. The zero-order valence-electron chi connectivity index (χ0n) is 10.7. The average molecular weight is 317 g/mol. The lowest BCUT2D eigenvalue weighted by atomic mass is 10.1. The summed E-state index contributed by atoms with van der Waals surface area (Å²) in [4.78, 5) is 25.2. The van der Waals surface area contributed by atoms with E-state index in [1.165, 1.54) is 4.90 Å². The van der Waals surface area contributed by atoms with Crippen LogP contribution in [-0.2, 0) is 9.59 Å². The van der Waals surface area contributed by atoms with Gasteiger partial charge in [-0.15, -0.1) is 0 Å². The number of fused-ring (bicyclic) bond motifs is 1. The van der Waals surface area contributed by atoms with Crippen LogP contribution in [0.4, 0.5) is 11.4 Å². The van der Waals surface area contributed by atoms with Crippen molar-refractivity contribution in [2.75, 3.05) is 16.8 Å². The molecule has 0 aliphatic carbocycles. The monoisotopic (exact) mass is 316 g/mol. The standard InChI is InChI=1S/C12H14Cl2N4O2/c1-2-8-12(20)18(5-11(19)17-15)10-4-7(14)6(13)3-9(10)16-8/h3-4,8,16H,2,5,15H2,1H3,(H,17,19). The number of hydrogen-bond acceptors (Lipinski definition) is 4. The molecule has 6 nitrogen and oxygen atoms in total. The molecule has 2 rings (SSSR count). The van der Waals surface area contributed by atoms with Crippen LogP contribution in [0.25, 0.3) is 0 Å². The van der Waals surface area contributed by atoms with Gasteiger partial charge >= 0.3 is 0 Å². The van der Waals surface area contributed by atoms with Crippen LogP contribution in [0.15, 0.2) is 12.1 Å². The number of amides is 2. The third-order valence-corrected chi connectivity index (χ3v) is 3.82. The van der Waals surface area contributed by atoms with Gasteiger partial charge in [-0.1, -0.05) is 30.1 Å². The third-order valence-electron chi connectivity index (χ3n) is 3.09. The van der Waals surface area contributed by atoms with Crippen molar-refractivity contribution in [2.24, 2.45) is 5.84 Å². The fourth-order valence-corrected chi connectivity index (χ4v) is 2.38. The number of carbonyl (C=O) groups excluding carboxylic acids is 2. The second-order valence-electron chi connectivity index (χ2n) is 4.38. The summed E-state index contributed by atoms with van der Waals surface area (Å²) >= 11 is 12.0. The summed E-state index contributed by atoms with van der Waals surface area (Å²) in [7, 11) is 0. The van der Waals surface area contributed by atoms with Crippen molar-refractivity contribution in [1.29, 1.82) is 0 Å². The number of benzene rings is 1. The second kappa shape index (κ2) is 5.87. The van der Waals surface area contributed by atoms with E-state index in [9.17, 15) is 9.59 Å². The van der Waals surface area contributed by atoms with Crippen LogP contribution in [0.2, 0.25) is 10.0 Å². The quantitative estimate of drug-likeness (QED) is 0.448. The van der Waals surface area contributed by atoms with E-state index < -0.39 is 11.9 Å². The van der Waals surface area contributed by atoms with Gasteiger partial charge in [0.25, 0.3) is 5.91 Å². The zero-order chi connectivity index (χ0) is 14.9. The van der Waals surface area contributed by atoms with Crippen LogP contribution in [-0.4, -0.2) is 24.4 Å². The van der Waals surface area contributed by atoms with Gasteiger partial charge in [-0.2, -0.15) is 0 Å². The molecule has 0 saturated heterocycles. The number of nitrogens with one attached hydrogen (secondary N) is 2. The first-order valence-corrected chi connectivity index (χ1v) is 6.80. The van der Waals surface area contributed by atoms with E-state index in [4.69, 9.17) is 29.0 Å². The van der Waals surface area contributed by atoms with Gasteiger partial charge < -0.3 is 5.32 Å². The van der Waals surface area contributed by atoms with E-state index in [1.807, 2.05) is 12.3 Å². The highest BCUT2D eigenvalue weighted by Crippen LogP contribution is 2.38. The molecule has 1 heterocycles. The van der Waals surface area contributed by atoms with E-state index in [0.717, 1.165) is 0 Å². The molecule has 1 aromatic carbocycles. The lowest BCUT2D eigenvalue weighted by Crippen LogP contribution is -2.51. The van der Waals surface area contributed by atoms with Gasteiger partial charge in [0.2, 0.25) is 5.91 Å². The van der Waals surface area contributed by atoms with E-state index in [0.29, 0.717) is 27.8 Å². The molecule has 108 valence electrons. The van der Waals surface area contributed by atoms with Crippen LogP contribution in [0.5, 0.6) is 0 Å². The Kier molecular flexibility index (Phi) is 4.37. The van der Waals surface area contributed by atoms with Crippen LogP contribution < -0.4 is 21.5 Å². The Labute approximate surface area is 126 Å². The number of carbonyl (C=O) groups is 2. The maximum atomic E-state index is 12.3. The highest BCUT2D eigenvalue weighted by molar-refractivity contribution is 6.42. The van der Waals surface area contributed by atoms with E-state index in [2.05, 4.69) is 5.32 Å². The van der Waals surface area contributed by atoms with Gasteiger partial charge in [0.05, 0.1) is 21.4 Å². The first kappa shape index (κ1) is 14.9. The maximum absolute atomic E-state index is 12.3. The summed E-state index contributed by atoms with van der Waals surface area (Å²) in [6, 6.07) is 2.78. The van der Waals surface area contributed by atoms with Gasteiger partial charge in [0, 0.05) is 0 Å². The minimum Gasteiger partial charge on any atom is -0.372 e. The molecule has 1 aliphatic rings. The molecular formula is C12H14Cl2N4O2. The highest BCUT2D eigenvalue weighted by atomic mass is 35.5. The molecule has 8 heteroatoms. The van der Waals surface area contributed by atoms with Crippen LogP contribution >= 0.6 is 23.2 Å². The first-order chi connectivity index (χ1) is 9.47. The summed E-state index contributed by atoms with van der Waals surface area (Å²) in [5.41, 5.74) is 3.18. The molecule has 4 N–H and O–H groups in total. The Hall–Kier alpha value is -1.50. The summed E-state index contributed by atoms with van der Waals surface area (Å²) in [6.07, 6.45) is 0.583. The Morgan fingerprint density at radius 3 is 2.70 bits per heavy atom. The van der Waals surface area contributed by atoms with Crippen molar-refractivity contribution in [3.05, 3.63) is 22.2 Å². The molecule has 0 aromatic heterocycles. The summed E-state index contributed by atoms with van der Waals surface area (Å²) in [5.74, 6) is 4.40. The number of hydrogen-bond donors (Lipinski definition) is 3. The predicted molar refractivity (Wildman–Crippen MR) is 78.8 cm³/mol. The van der Waals surface area contributed by atoms with E-state index in [-0.39, 0.29) is 12.5 Å². The number of anilines is 2. The lowest BCUT2D eigenvalue weighted by Gasteiger charge is -2.34. The first-order valence-electron chi connectivity index (χ1n) is 6.04. The Balaban J connectivity index is 2.46. The average Bonchev–Trinajstić information content (AvgIpc) is 2.43. The zero-order valence-corrected chi connectivity index (χ0v) is 12.3. The topological polar surface area (TPSA) is 87.5 Å². The van der Waals surface area contributed by atoms with Gasteiger partial charge in [-0.05, 0) is 18.6 Å². The lowest BCUT2D eigenvalue weighted by molar-refractivity contribution is -0.124. The molecule has 1 aliphatic heterocycles. The molecule has 1 unspecified atom stereocenters. The van der Waals surface area contributed by atoms with Crippen molar-refractivity contribution in [2.45, 2.75) is 19.4 Å².